The van der Waals surface area contributed by atoms with Crippen LogP contribution in [0.15, 0.2) is 54.6 Å². The largest absolute Gasteiger partial charge is 0.375 e. The number of para-hydroxylation sites is 2. The summed E-state index contributed by atoms with van der Waals surface area (Å²) >= 11 is 0. The van der Waals surface area contributed by atoms with Crippen LogP contribution in [-0.4, -0.2) is 37.7 Å². The van der Waals surface area contributed by atoms with Gasteiger partial charge in [0.1, 0.15) is 0 Å². The summed E-state index contributed by atoms with van der Waals surface area (Å²) in [5.41, 5.74) is 4.78. The van der Waals surface area contributed by atoms with E-state index in [1.54, 1.807) is 0 Å². The van der Waals surface area contributed by atoms with Crippen molar-refractivity contribution in [2.24, 2.45) is 0 Å². The van der Waals surface area contributed by atoms with Gasteiger partial charge in [-0.1, -0.05) is 36.4 Å². The molecule has 0 fully saturated rings. The molecule has 0 saturated carbocycles. The van der Waals surface area contributed by atoms with Crippen molar-refractivity contribution in [1.29, 1.82) is 0 Å². The van der Waals surface area contributed by atoms with Crippen LogP contribution >= 0.6 is 0 Å². The van der Waals surface area contributed by atoms with Gasteiger partial charge in [-0.25, -0.2) is 4.79 Å². The van der Waals surface area contributed by atoms with Crippen LogP contribution in [0.4, 0.5) is 10.5 Å². The highest BCUT2D eigenvalue weighted by molar-refractivity contribution is 5.84. The maximum Gasteiger partial charge on any atom is 0.314 e. The Morgan fingerprint density at radius 2 is 1.70 bits per heavy atom. The minimum atomic E-state index is -0.102. The van der Waals surface area contributed by atoms with Gasteiger partial charge < -0.3 is 20.5 Å². The first-order valence-electron chi connectivity index (χ1n) is 9.49. The summed E-state index contributed by atoms with van der Waals surface area (Å²) in [5, 5.41) is 7.13. The summed E-state index contributed by atoms with van der Waals surface area (Å²) in [7, 11) is 2.07. The number of benzene rings is 2. The molecule has 2 amide bonds. The van der Waals surface area contributed by atoms with Crippen LogP contribution in [0, 0.1) is 6.92 Å². The Morgan fingerprint density at radius 3 is 2.52 bits per heavy atom. The number of hydrogen-bond acceptors (Lipinski definition) is 2. The first kappa shape index (κ1) is 18.8. The molecule has 5 heteroatoms. The molecule has 0 bridgehead atoms. The lowest BCUT2D eigenvalue weighted by Gasteiger charge is -2.19. The number of urea groups is 1. The molecule has 2 aromatic carbocycles. The number of H-pyrrole nitrogens is 1. The van der Waals surface area contributed by atoms with E-state index in [0.29, 0.717) is 13.1 Å². The molecule has 3 aromatic rings. The third-order valence-corrected chi connectivity index (χ3v) is 4.84. The Kier molecular flexibility index (Phi) is 6.36. The van der Waals surface area contributed by atoms with Crippen molar-refractivity contribution >= 4 is 22.6 Å². The SMILES string of the molecule is Cc1[nH]c2ccccc2c1CCNC(=O)NCCCN(C)c1ccccc1. The van der Waals surface area contributed by atoms with Crippen LogP contribution in [0.5, 0.6) is 0 Å². The number of amides is 2. The number of aromatic nitrogens is 1. The average Bonchev–Trinajstić information content (AvgIpc) is 3.01. The Bertz CT molecular complexity index is 872. The molecule has 0 saturated heterocycles. The average molecular weight is 364 g/mol. The van der Waals surface area contributed by atoms with Crippen LogP contribution in [0.1, 0.15) is 17.7 Å². The van der Waals surface area contributed by atoms with Gasteiger partial charge in [-0.2, -0.15) is 0 Å². The number of fused-ring (bicyclic) bond motifs is 1. The zero-order valence-electron chi connectivity index (χ0n) is 16.1. The van der Waals surface area contributed by atoms with Crippen LogP contribution < -0.4 is 15.5 Å². The maximum absolute atomic E-state index is 12.0. The van der Waals surface area contributed by atoms with Crippen molar-refractivity contribution in [2.45, 2.75) is 19.8 Å². The standard InChI is InChI=1S/C22H28N4O/c1-17-19(20-11-6-7-12-21(20)25-17)13-15-24-22(27)23-14-8-16-26(2)18-9-4-3-5-10-18/h3-7,9-12,25H,8,13-16H2,1-2H3,(H2,23,24,27). The molecule has 0 aliphatic rings. The lowest BCUT2D eigenvalue weighted by atomic mass is 10.1. The number of anilines is 1. The van der Waals surface area contributed by atoms with Crippen molar-refractivity contribution in [3.63, 3.8) is 0 Å². The molecule has 0 aliphatic heterocycles. The van der Waals surface area contributed by atoms with Gasteiger partial charge in [-0.15, -0.1) is 0 Å². The maximum atomic E-state index is 12.0. The Labute approximate surface area is 160 Å². The number of carbonyl (C=O) groups excluding carboxylic acids is 1. The molecule has 0 aliphatic carbocycles. The molecule has 0 spiro atoms. The van der Waals surface area contributed by atoms with Crippen molar-refractivity contribution < 1.29 is 4.79 Å². The zero-order chi connectivity index (χ0) is 19.1. The molecule has 3 rings (SSSR count). The van der Waals surface area contributed by atoms with Crippen LogP contribution in [-0.2, 0) is 6.42 Å². The van der Waals surface area contributed by atoms with Crippen molar-refractivity contribution in [1.82, 2.24) is 15.6 Å². The van der Waals surface area contributed by atoms with Gasteiger partial charge in [-0.05, 0) is 43.5 Å². The molecule has 27 heavy (non-hydrogen) atoms. The number of hydrogen-bond donors (Lipinski definition) is 3. The monoisotopic (exact) mass is 364 g/mol. The molecule has 0 unspecified atom stereocenters. The van der Waals surface area contributed by atoms with Crippen molar-refractivity contribution in [3.05, 3.63) is 65.9 Å². The number of aromatic amines is 1. The second kappa shape index (κ2) is 9.12. The smallest absolute Gasteiger partial charge is 0.314 e. The molecule has 3 N–H and O–H groups in total. The lowest BCUT2D eigenvalue weighted by Crippen LogP contribution is -2.38. The van der Waals surface area contributed by atoms with E-state index in [2.05, 4.69) is 58.8 Å². The number of nitrogens with zero attached hydrogens (tertiary/aromatic N) is 1. The second-order valence-electron chi connectivity index (χ2n) is 6.82. The van der Waals surface area contributed by atoms with E-state index >= 15 is 0 Å². The van der Waals surface area contributed by atoms with Gasteiger partial charge in [0.2, 0.25) is 0 Å². The van der Waals surface area contributed by atoms with E-state index < -0.39 is 0 Å². The Morgan fingerprint density at radius 1 is 1.00 bits per heavy atom. The summed E-state index contributed by atoms with van der Waals surface area (Å²) in [6, 6.07) is 18.4. The number of nitrogens with one attached hydrogen (secondary N) is 3. The summed E-state index contributed by atoms with van der Waals surface area (Å²) in [4.78, 5) is 17.6. The van der Waals surface area contributed by atoms with E-state index in [4.69, 9.17) is 0 Å². The van der Waals surface area contributed by atoms with Gasteiger partial charge in [0, 0.05) is 49.0 Å². The van der Waals surface area contributed by atoms with Gasteiger partial charge in [0.15, 0.2) is 0 Å². The van der Waals surface area contributed by atoms with Gasteiger partial charge >= 0.3 is 6.03 Å². The first-order chi connectivity index (χ1) is 13.1. The molecule has 5 nitrogen and oxygen atoms in total. The van der Waals surface area contributed by atoms with E-state index in [9.17, 15) is 4.79 Å². The topological polar surface area (TPSA) is 60.2 Å². The number of aryl methyl sites for hydroxylation is 1. The van der Waals surface area contributed by atoms with Gasteiger partial charge in [0.25, 0.3) is 0 Å². The highest BCUT2D eigenvalue weighted by atomic mass is 16.2. The number of rotatable bonds is 8. The highest BCUT2D eigenvalue weighted by Crippen LogP contribution is 2.21. The quantitative estimate of drug-likeness (QED) is 0.532. The lowest BCUT2D eigenvalue weighted by molar-refractivity contribution is 0.241. The predicted octanol–water partition coefficient (Wildman–Crippen LogP) is 3.84. The fourth-order valence-corrected chi connectivity index (χ4v) is 3.35. The Balaban J connectivity index is 1.36. The summed E-state index contributed by atoms with van der Waals surface area (Å²) < 4.78 is 0. The minimum absolute atomic E-state index is 0.102. The summed E-state index contributed by atoms with van der Waals surface area (Å²) in [6.45, 7) is 4.27. The van der Waals surface area contributed by atoms with Crippen LogP contribution in [0.25, 0.3) is 10.9 Å². The first-order valence-corrected chi connectivity index (χ1v) is 9.49. The molecule has 1 aromatic heterocycles. The van der Waals surface area contributed by atoms with E-state index in [-0.39, 0.29) is 6.03 Å². The molecular weight excluding hydrogens is 336 g/mol. The van der Waals surface area contributed by atoms with Gasteiger partial charge in [0.05, 0.1) is 0 Å². The number of carbonyl (C=O) groups is 1. The molecular formula is C22H28N4O. The fourth-order valence-electron chi connectivity index (χ4n) is 3.35. The summed E-state index contributed by atoms with van der Waals surface area (Å²) in [6.07, 6.45) is 1.72. The van der Waals surface area contributed by atoms with E-state index in [1.807, 2.05) is 30.3 Å². The van der Waals surface area contributed by atoms with Crippen LogP contribution in [0.2, 0.25) is 0 Å². The van der Waals surface area contributed by atoms with Crippen LogP contribution in [0.3, 0.4) is 0 Å². The zero-order valence-corrected chi connectivity index (χ0v) is 16.1. The second-order valence-corrected chi connectivity index (χ2v) is 6.82. The normalized spacial score (nSPS) is 10.7. The predicted molar refractivity (Wildman–Crippen MR) is 112 cm³/mol. The molecule has 142 valence electrons. The van der Waals surface area contributed by atoms with E-state index in [1.165, 1.54) is 22.3 Å². The third kappa shape index (κ3) is 5.03. The summed E-state index contributed by atoms with van der Waals surface area (Å²) in [5.74, 6) is 0. The fraction of sp³-hybridized carbons (Fsp3) is 0.318. The molecule has 0 radical (unpaired) electrons. The van der Waals surface area contributed by atoms with Gasteiger partial charge in [-0.3, -0.25) is 0 Å². The van der Waals surface area contributed by atoms with E-state index in [0.717, 1.165) is 24.9 Å². The third-order valence-electron chi connectivity index (χ3n) is 4.84. The molecule has 0 atom stereocenters. The molecule has 1 heterocycles. The minimum Gasteiger partial charge on any atom is -0.375 e. The highest BCUT2D eigenvalue weighted by Gasteiger charge is 2.08. The van der Waals surface area contributed by atoms with Crippen molar-refractivity contribution in [3.8, 4) is 0 Å². The Hall–Kier alpha value is -2.95. The van der Waals surface area contributed by atoms with Crippen molar-refractivity contribution in [2.75, 3.05) is 31.6 Å².